The van der Waals surface area contributed by atoms with E-state index in [1.54, 1.807) is 0 Å². The van der Waals surface area contributed by atoms with Crippen LogP contribution >= 0.6 is 26.4 Å². The van der Waals surface area contributed by atoms with E-state index < -0.39 is 0 Å². The quantitative estimate of drug-likeness (QED) is 0.588. The summed E-state index contributed by atoms with van der Waals surface area (Å²) in [4.78, 5) is 0. The number of ether oxygens (including phenoxy) is 1. The van der Waals surface area contributed by atoms with Crippen LogP contribution in [0.4, 0.5) is 0 Å². The minimum Gasteiger partial charge on any atom is -0.494 e. The number of para-hydroxylation sites is 1. The van der Waals surface area contributed by atoms with Crippen molar-refractivity contribution in [1.29, 1.82) is 0 Å². The van der Waals surface area contributed by atoms with Crippen LogP contribution in [0, 0.1) is 0 Å². The fourth-order valence-corrected chi connectivity index (χ4v) is 1.16. The molecule has 1 aromatic rings. The van der Waals surface area contributed by atoms with Crippen molar-refractivity contribution in [3.8, 4) is 5.75 Å². The van der Waals surface area contributed by atoms with Crippen molar-refractivity contribution in [1.82, 2.24) is 0 Å². The number of hydrogen-bond acceptors (Lipinski definition) is 2. The maximum atomic E-state index is 5.49. The molecular formula is C10H16BrO2P. The molecule has 0 aliphatic carbocycles. The Hall–Kier alpha value is -0.110. The normalized spacial score (nSPS) is 9.21. The lowest BCUT2D eigenvalue weighted by molar-refractivity contribution is 0.283. The first-order valence-corrected chi connectivity index (χ1v) is 4.90. The van der Waals surface area contributed by atoms with Gasteiger partial charge in [0.25, 0.3) is 0 Å². The second-order valence-corrected chi connectivity index (χ2v) is 3.07. The largest absolute Gasteiger partial charge is 0.494 e. The summed E-state index contributed by atoms with van der Waals surface area (Å²) in [6.07, 6.45) is 2.07. The molecule has 0 fully saturated rings. The zero-order valence-electron chi connectivity index (χ0n) is 8.02. The summed E-state index contributed by atoms with van der Waals surface area (Å²) in [6.45, 7) is 1.54. The summed E-state index contributed by atoms with van der Waals surface area (Å²) in [5, 5.41) is 0. The minimum absolute atomic E-state index is 0. The van der Waals surface area contributed by atoms with Crippen LogP contribution in [0.3, 0.4) is 0 Å². The smallest absolute Gasteiger partial charge is 0.119 e. The number of unbranched alkanes of at least 4 members (excludes halogenated alkanes) is 1. The fourth-order valence-electron chi connectivity index (χ4n) is 0.994. The average molecular weight is 279 g/mol. The van der Waals surface area contributed by atoms with Crippen LogP contribution in [0.25, 0.3) is 0 Å². The van der Waals surface area contributed by atoms with Crippen LogP contribution in [0.2, 0.25) is 0 Å². The number of benzene rings is 1. The molecule has 2 nitrogen and oxygen atoms in total. The van der Waals surface area contributed by atoms with Crippen LogP contribution in [-0.4, -0.2) is 13.2 Å². The van der Waals surface area contributed by atoms with Crippen molar-refractivity contribution in [2.45, 2.75) is 12.8 Å². The molecule has 0 aliphatic rings. The molecule has 0 N–H and O–H groups in total. The van der Waals surface area contributed by atoms with Crippen molar-refractivity contribution in [2.75, 3.05) is 13.2 Å². The molecule has 1 rings (SSSR count). The van der Waals surface area contributed by atoms with Crippen LogP contribution < -0.4 is 4.74 Å². The molecule has 0 aromatic heterocycles. The maximum absolute atomic E-state index is 5.49. The van der Waals surface area contributed by atoms with Crippen molar-refractivity contribution in [3.05, 3.63) is 30.3 Å². The van der Waals surface area contributed by atoms with E-state index in [9.17, 15) is 0 Å². The van der Waals surface area contributed by atoms with E-state index in [4.69, 9.17) is 9.26 Å². The van der Waals surface area contributed by atoms with Crippen molar-refractivity contribution in [3.63, 3.8) is 0 Å². The fraction of sp³-hybridized carbons (Fsp3) is 0.400. The summed E-state index contributed by atoms with van der Waals surface area (Å²) in [5.74, 6) is 0.939. The Balaban J connectivity index is 0.00000169. The monoisotopic (exact) mass is 278 g/mol. The number of hydrogen-bond donors (Lipinski definition) is 0. The molecule has 0 amide bonds. The van der Waals surface area contributed by atoms with Gasteiger partial charge < -0.3 is 9.26 Å². The summed E-state index contributed by atoms with van der Waals surface area (Å²) in [5.41, 5.74) is 0. The van der Waals surface area contributed by atoms with Crippen LogP contribution in [-0.2, 0) is 4.52 Å². The summed E-state index contributed by atoms with van der Waals surface area (Å²) in [7, 11) is 2.25. The van der Waals surface area contributed by atoms with Gasteiger partial charge in [-0.05, 0) is 25.0 Å². The van der Waals surface area contributed by atoms with E-state index in [2.05, 4.69) is 9.47 Å². The Labute approximate surface area is 98.0 Å². The SMILES string of the molecule is Br.POCCCCOc1ccccc1. The van der Waals surface area contributed by atoms with Crippen molar-refractivity contribution >= 4 is 26.4 Å². The molecule has 1 aromatic carbocycles. The molecule has 80 valence electrons. The third-order valence-electron chi connectivity index (χ3n) is 1.67. The highest BCUT2D eigenvalue weighted by atomic mass is 79.9. The maximum Gasteiger partial charge on any atom is 0.119 e. The van der Waals surface area contributed by atoms with Gasteiger partial charge in [-0.2, -0.15) is 0 Å². The van der Waals surface area contributed by atoms with Gasteiger partial charge in [0.05, 0.1) is 13.2 Å². The Morgan fingerprint density at radius 3 is 2.29 bits per heavy atom. The number of rotatable bonds is 6. The number of halogens is 1. The molecule has 14 heavy (non-hydrogen) atoms. The second-order valence-electron chi connectivity index (χ2n) is 2.74. The Kier molecular flexibility index (Phi) is 9.37. The minimum atomic E-state index is 0. The Morgan fingerprint density at radius 2 is 1.64 bits per heavy atom. The Bertz CT molecular complexity index is 219. The first kappa shape index (κ1) is 13.9. The van der Waals surface area contributed by atoms with E-state index in [0.29, 0.717) is 0 Å². The molecule has 0 bridgehead atoms. The standard InChI is InChI=1S/C10H15O2P.BrH/c13-12-9-5-4-8-11-10-6-2-1-3-7-10;/h1-3,6-7H,4-5,8-9,13H2;1H. The van der Waals surface area contributed by atoms with Gasteiger partial charge in [-0.3, -0.25) is 0 Å². The summed E-state index contributed by atoms with van der Waals surface area (Å²) in [6, 6.07) is 9.86. The summed E-state index contributed by atoms with van der Waals surface area (Å²) < 4.78 is 10.3. The third-order valence-corrected chi connectivity index (χ3v) is 1.90. The molecule has 0 heterocycles. The van der Waals surface area contributed by atoms with Gasteiger partial charge in [-0.25, -0.2) is 0 Å². The van der Waals surface area contributed by atoms with E-state index in [-0.39, 0.29) is 17.0 Å². The summed E-state index contributed by atoms with van der Waals surface area (Å²) >= 11 is 0. The molecule has 0 spiro atoms. The van der Waals surface area contributed by atoms with E-state index in [1.165, 1.54) is 0 Å². The highest BCUT2D eigenvalue weighted by Gasteiger charge is 1.91. The molecule has 1 atom stereocenters. The van der Waals surface area contributed by atoms with Gasteiger partial charge in [0.1, 0.15) is 5.75 Å². The molecule has 0 saturated carbocycles. The first-order valence-electron chi connectivity index (χ1n) is 4.43. The van der Waals surface area contributed by atoms with Crippen LogP contribution in [0.15, 0.2) is 30.3 Å². The van der Waals surface area contributed by atoms with Gasteiger partial charge in [0.2, 0.25) is 0 Å². The predicted molar refractivity (Wildman–Crippen MR) is 67.2 cm³/mol. The molecular weight excluding hydrogens is 263 g/mol. The van der Waals surface area contributed by atoms with E-state index in [0.717, 1.165) is 31.8 Å². The third kappa shape index (κ3) is 6.36. The first-order chi connectivity index (χ1) is 6.43. The molecule has 0 aliphatic heterocycles. The highest BCUT2D eigenvalue weighted by molar-refractivity contribution is 8.93. The Morgan fingerprint density at radius 1 is 1.00 bits per heavy atom. The van der Waals surface area contributed by atoms with Crippen molar-refractivity contribution < 1.29 is 9.26 Å². The van der Waals surface area contributed by atoms with Gasteiger partial charge in [-0.1, -0.05) is 18.2 Å². The van der Waals surface area contributed by atoms with Gasteiger partial charge in [0, 0.05) is 9.47 Å². The highest BCUT2D eigenvalue weighted by Crippen LogP contribution is 2.08. The molecule has 0 radical (unpaired) electrons. The van der Waals surface area contributed by atoms with Gasteiger partial charge >= 0.3 is 0 Å². The van der Waals surface area contributed by atoms with Gasteiger partial charge in [0.15, 0.2) is 0 Å². The molecule has 1 unspecified atom stereocenters. The molecule has 4 heteroatoms. The zero-order chi connectivity index (χ0) is 9.36. The van der Waals surface area contributed by atoms with Gasteiger partial charge in [-0.15, -0.1) is 17.0 Å². The lowest BCUT2D eigenvalue weighted by atomic mass is 10.3. The lowest BCUT2D eigenvalue weighted by Gasteiger charge is -2.04. The molecule has 0 saturated heterocycles. The van der Waals surface area contributed by atoms with Crippen LogP contribution in [0.5, 0.6) is 5.75 Å². The lowest BCUT2D eigenvalue weighted by Crippen LogP contribution is -1.98. The predicted octanol–water partition coefficient (Wildman–Crippen LogP) is 3.23. The second kappa shape index (κ2) is 9.45. The average Bonchev–Trinajstić information content (AvgIpc) is 2.19. The zero-order valence-corrected chi connectivity index (χ0v) is 10.9. The van der Waals surface area contributed by atoms with Crippen LogP contribution in [0.1, 0.15) is 12.8 Å². The topological polar surface area (TPSA) is 18.5 Å². The van der Waals surface area contributed by atoms with E-state index in [1.807, 2.05) is 30.3 Å². The van der Waals surface area contributed by atoms with E-state index >= 15 is 0 Å². The van der Waals surface area contributed by atoms with Crippen molar-refractivity contribution in [2.24, 2.45) is 0 Å².